The Morgan fingerprint density at radius 2 is 2.22 bits per heavy atom. The van der Waals surface area contributed by atoms with Gasteiger partial charge in [0, 0.05) is 23.7 Å². The van der Waals surface area contributed by atoms with Crippen molar-refractivity contribution in [2.75, 3.05) is 0 Å². The summed E-state index contributed by atoms with van der Waals surface area (Å²) in [6.45, 7) is 4.42. The molecule has 0 N–H and O–H groups in total. The molecule has 0 radical (unpaired) electrons. The lowest BCUT2D eigenvalue weighted by molar-refractivity contribution is 0.0470. The summed E-state index contributed by atoms with van der Waals surface area (Å²) in [5, 5.41) is 4.84. The Hall–Kier alpha value is -1.88. The number of carbonyl (C=O) groups is 1. The van der Waals surface area contributed by atoms with Gasteiger partial charge >= 0.3 is 5.97 Å². The molecule has 1 saturated carbocycles. The van der Waals surface area contributed by atoms with Gasteiger partial charge in [-0.1, -0.05) is 24.6 Å². The number of rotatable bonds is 6. The van der Waals surface area contributed by atoms with Crippen LogP contribution < -0.4 is 0 Å². The minimum atomic E-state index is -0.323. The van der Waals surface area contributed by atoms with Crippen LogP contribution in [0.5, 0.6) is 0 Å². The van der Waals surface area contributed by atoms with E-state index in [0.29, 0.717) is 16.6 Å². The second-order valence-corrected chi connectivity index (χ2v) is 6.37. The Bertz CT molecular complexity index is 692. The van der Waals surface area contributed by atoms with Crippen LogP contribution in [-0.2, 0) is 11.3 Å². The number of hydrogen-bond donors (Lipinski definition) is 0. The van der Waals surface area contributed by atoms with E-state index < -0.39 is 0 Å². The topological polar surface area (TPSA) is 57.0 Å². The van der Waals surface area contributed by atoms with Gasteiger partial charge in [-0.05, 0) is 32.3 Å². The summed E-state index contributed by atoms with van der Waals surface area (Å²) in [7, 11) is 0. The molecule has 5 nitrogen and oxygen atoms in total. The Balaban J connectivity index is 1.74. The molecular weight excluding hydrogens is 314 g/mol. The van der Waals surface area contributed by atoms with Crippen molar-refractivity contribution in [3.63, 3.8) is 0 Å². The van der Waals surface area contributed by atoms with Crippen LogP contribution in [0.2, 0.25) is 5.15 Å². The third kappa shape index (κ3) is 3.55. The highest BCUT2D eigenvalue weighted by Crippen LogP contribution is 2.42. The highest BCUT2D eigenvalue weighted by molar-refractivity contribution is 6.29. The molecule has 0 amide bonds. The molecule has 122 valence electrons. The molecule has 0 bridgehead atoms. The lowest BCUT2D eigenvalue weighted by Crippen LogP contribution is -2.12. The van der Waals surface area contributed by atoms with Crippen molar-refractivity contribution < 1.29 is 9.53 Å². The Kier molecular flexibility index (Phi) is 4.66. The lowest BCUT2D eigenvalue weighted by atomic mass is 10.1. The number of nitrogens with zero attached hydrogens (tertiary/aromatic N) is 3. The predicted molar refractivity (Wildman–Crippen MR) is 87.6 cm³/mol. The number of pyridine rings is 1. The molecule has 2 aromatic rings. The maximum absolute atomic E-state index is 12.4. The molecule has 23 heavy (non-hydrogen) atoms. The standard InChI is InChI=1S/C17H20ClN3O2/c1-3-11(2)21-16(13-5-6-13)14(9-20-21)17(22)23-10-12-4-7-15(18)19-8-12/h4,7-9,11,13H,3,5-6,10H2,1-2H3/t11-/m1/s1. The van der Waals surface area contributed by atoms with Gasteiger partial charge < -0.3 is 4.74 Å². The molecule has 1 atom stereocenters. The number of hydrogen-bond acceptors (Lipinski definition) is 4. The summed E-state index contributed by atoms with van der Waals surface area (Å²) in [6.07, 6.45) is 6.46. The van der Waals surface area contributed by atoms with Crippen LogP contribution in [0.4, 0.5) is 0 Å². The second kappa shape index (κ2) is 6.71. The lowest BCUT2D eigenvalue weighted by Gasteiger charge is -2.14. The van der Waals surface area contributed by atoms with E-state index >= 15 is 0 Å². The zero-order valence-electron chi connectivity index (χ0n) is 13.3. The van der Waals surface area contributed by atoms with E-state index in [0.717, 1.165) is 30.5 Å². The van der Waals surface area contributed by atoms with Crippen molar-refractivity contribution in [3.8, 4) is 0 Å². The normalized spacial score (nSPS) is 15.4. The van der Waals surface area contributed by atoms with Crippen molar-refractivity contribution in [3.05, 3.63) is 46.5 Å². The average Bonchev–Trinajstić information content (AvgIpc) is 3.31. The number of aromatic nitrogens is 3. The van der Waals surface area contributed by atoms with Gasteiger partial charge in [-0.2, -0.15) is 5.10 Å². The Labute approximate surface area is 140 Å². The number of esters is 1. The van der Waals surface area contributed by atoms with Crippen LogP contribution >= 0.6 is 11.6 Å². The van der Waals surface area contributed by atoms with Crippen molar-refractivity contribution in [2.45, 2.75) is 51.7 Å². The van der Waals surface area contributed by atoms with Crippen molar-refractivity contribution in [1.82, 2.24) is 14.8 Å². The summed E-state index contributed by atoms with van der Waals surface area (Å²) < 4.78 is 7.41. The van der Waals surface area contributed by atoms with Gasteiger partial charge in [0.05, 0.1) is 11.9 Å². The Morgan fingerprint density at radius 3 is 2.83 bits per heavy atom. The molecule has 0 aromatic carbocycles. The summed E-state index contributed by atoms with van der Waals surface area (Å²) in [5.74, 6) is 0.114. The van der Waals surface area contributed by atoms with Crippen LogP contribution in [0.25, 0.3) is 0 Å². The van der Waals surface area contributed by atoms with Gasteiger partial charge in [-0.15, -0.1) is 0 Å². The van der Waals surface area contributed by atoms with Crippen molar-refractivity contribution in [1.29, 1.82) is 0 Å². The van der Waals surface area contributed by atoms with Crippen LogP contribution in [0.3, 0.4) is 0 Å². The summed E-state index contributed by atoms with van der Waals surface area (Å²) >= 11 is 5.75. The maximum Gasteiger partial charge on any atom is 0.341 e. The minimum Gasteiger partial charge on any atom is -0.457 e. The molecule has 0 unspecified atom stereocenters. The first-order valence-electron chi connectivity index (χ1n) is 7.95. The summed E-state index contributed by atoms with van der Waals surface area (Å²) in [4.78, 5) is 16.4. The predicted octanol–water partition coefficient (Wildman–Crippen LogP) is 4.14. The third-order valence-corrected chi connectivity index (χ3v) is 4.41. The number of ether oxygens (including phenoxy) is 1. The highest BCUT2D eigenvalue weighted by Gasteiger charge is 2.33. The Morgan fingerprint density at radius 1 is 1.43 bits per heavy atom. The van der Waals surface area contributed by atoms with Gasteiger partial charge in [-0.25, -0.2) is 9.78 Å². The van der Waals surface area contributed by atoms with Gasteiger partial charge in [-0.3, -0.25) is 4.68 Å². The molecule has 6 heteroatoms. The van der Waals surface area contributed by atoms with E-state index in [4.69, 9.17) is 16.3 Å². The first-order chi connectivity index (χ1) is 11.1. The van der Waals surface area contributed by atoms with Gasteiger partial charge in [0.15, 0.2) is 0 Å². The molecular formula is C17H20ClN3O2. The smallest absolute Gasteiger partial charge is 0.341 e. The van der Waals surface area contributed by atoms with Gasteiger partial charge in [0.25, 0.3) is 0 Å². The average molecular weight is 334 g/mol. The first-order valence-corrected chi connectivity index (χ1v) is 8.33. The zero-order valence-corrected chi connectivity index (χ0v) is 14.1. The molecule has 0 saturated heterocycles. The molecule has 1 aliphatic rings. The molecule has 3 rings (SSSR count). The highest BCUT2D eigenvalue weighted by atomic mass is 35.5. The molecule has 1 aliphatic carbocycles. The SMILES string of the molecule is CC[C@@H](C)n1ncc(C(=O)OCc2ccc(Cl)nc2)c1C1CC1. The van der Waals surface area contributed by atoms with Crippen molar-refractivity contribution in [2.24, 2.45) is 0 Å². The van der Waals surface area contributed by atoms with E-state index in [2.05, 4.69) is 23.9 Å². The fourth-order valence-corrected chi connectivity index (χ4v) is 2.65. The quantitative estimate of drug-likeness (QED) is 0.589. The molecule has 2 heterocycles. The number of carbonyl (C=O) groups excluding carboxylic acids is 1. The second-order valence-electron chi connectivity index (χ2n) is 5.98. The van der Waals surface area contributed by atoms with E-state index in [-0.39, 0.29) is 18.6 Å². The van der Waals surface area contributed by atoms with Crippen LogP contribution in [0.1, 0.15) is 66.7 Å². The third-order valence-electron chi connectivity index (χ3n) is 4.18. The maximum atomic E-state index is 12.4. The van der Waals surface area contributed by atoms with E-state index in [1.165, 1.54) is 0 Å². The zero-order chi connectivity index (χ0) is 16.4. The van der Waals surface area contributed by atoms with Gasteiger partial charge in [0.2, 0.25) is 0 Å². The fraction of sp³-hybridized carbons (Fsp3) is 0.471. The molecule has 0 aliphatic heterocycles. The van der Waals surface area contributed by atoms with Crippen molar-refractivity contribution >= 4 is 17.6 Å². The van der Waals surface area contributed by atoms with E-state index in [1.54, 1.807) is 24.5 Å². The minimum absolute atomic E-state index is 0.182. The van der Waals surface area contributed by atoms with Gasteiger partial charge in [0.1, 0.15) is 17.3 Å². The fourth-order valence-electron chi connectivity index (χ4n) is 2.54. The molecule has 1 fully saturated rings. The van der Waals surface area contributed by atoms with Crippen LogP contribution in [-0.4, -0.2) is 20.7 Å². The summed E-state index contributed by atoms with van der Waals surface area (Å²) in [5.41, 5.74) is 2.43. The summed E-state index contributed by atoms with van der Waals surface area (Å²) in [6, 6.07) is 3.77. The largest absolute Gasteiger partial charge is 0.457 e. The van der Waals surface area contributed by atoms with E-state index in [9.17, 15) is 4.79 Å². The van der Waals surface area contributed by atoms with Crippen LogP contribution in [0, 0.1) is 0 Å². The number of halogens is 1. The van der Waals surface area contributed by atoms with E-state index in [1.807, 2.05) is 4.68 Å². The first kappa shape index (κ1) is 16.0. The molecule has 0 spiro atoms. The van der Waals surface area contributed by atoms with Crippen LogP contribution in [0.15, 0.2) is 24.5 Å². The monoisotopic (exact) mass is 333 g/mol. The molecule has 2 aromatic heterocycles.